The number of hydrogen-bond acceptors (Lipinski definition) is 2. The van der Waals surface area contributed by atoms with Crippen LogP contribution in [0, 0.1) is 5.92 Å². The molecule has 12 heavy (non-hydrogen) atoms. The maximum absolute atomic E-state index is 12.0. The molecule has 0 saturated heterocycles. The highest BCUT2D eigenvalue weighted by atomic mass is 19.4. The minimum absolute atomic E-state index is 0.145. The van der Waals surface area contributed by atoms with Crippen molar-refractivity contribution in [2.45, 2.75) is 32.5 Å². The summed E-state index contributed by atoms with van der Waals surface area (Å²) in [6.07, 6.45) is -3.66. The number of aliphatic imine (C=N–C) groups is 1. The molecule has 0 aromatic heterocycles. The van der Waals surface area contributed by atoms with Crippen molar-refractivity contribution in [3.63, 3.8) is 0 Å². The van der Waals surface area contributed by atoms with E-state index in [1.54, 1.807) is 13.8 Å². The Bertz CT molecular complexity index is 182. The van der Waals surface area contributed by atoms with Crippen LogP contribution in [0.15, 0.2) is 4.99 Å². The fraction of sp³-hybridized carbons (Fsp3) is 0.857. The average Bonchev–Trinajstić information content (AvgIpc) is 1.83. The van der Waals surface area contributed by atoms with Gasteiger partial charge in [-0.15, -0.1) is 0 Å². The second-order valence-corrected chi connectivity index (χ2v) is 2.91. The summed E-state index contributed by atoms with van der Waals surface area (Å²) in [5.74, 6) is -0.145. The monoisotopic (exact) mass is 181 g/mol. The summed E-state index contributed by atoms with van der Waals surface area (Å²) in [7, 11) is 0. The molecule has 0 heterocycles. The summed E-state index contributed by atoms with van der Waals surface area (Å²) in [5, 5.41) is 0. The Morgan fingerprint density at radius 1 is 1.42 bits per heavy atom. The standard InChI is InChI=1S/C7H10F3NO/c1-5(2)3-6(11-4-12)7(8,9)10/h5-6H,3H2,1-2H3. The molecule has 0 fully saturated rings. The van der Waals surface area contributed by atoms with E-state index in [2.05, 4.69) is 4.99 Å². The van der Waals surface area contributed by atoms with E-state index in [-0.39, 0.29) is 12.3 Å². The summed E-state index contributed by atoms with van der Waals surface area (Å²) < 4.78 is 36.0. The van der Waals surface area contributed by atoms with Crippen LogP contribution in [0.1, 0.15) is 20.3 Å². The van der Waals surface area contributed by atoms with Crippen molar-refractivity contribution in [1.29, 1.82) is 0 Å². The number of hydrogen-bond donors (Lipinski definition) is 0. The van der Waals surface area contributed by atoms with Crippen LogP contribution in [0.5, 0.6) is 0 Å². The van der Waals surface area contributed by atoms with Crippen LogP contribution in [0.2, 0.25) is 0 Å². The van der Waals surface area contributed by atoms with E-state index < -0.39 is 12.2 Å². The molecule has 1 unspecified atom stereocenters. The zero-order valence-corrected chi connectivity index (χ0v) is 6.85. The predicted octanol–water partition coefficient (Wildman–Crippen LogP) is 2.30. The zero-order valence-electron chi connectivity index (χ0n) is 6.85. The highest BCUT2D eigenvalue weighted by molar-refractivity contribution is 5.33. The van der Waals surface area contributed by atoms with Crippen LogP contribution in [-0.2, 0) is 4.79 Å². The Hall–Kier alpha value is -0.830. The first kappa shape index (κ1) is 11.2. The quantitative estimate of drug-likeness (QED) is 0.485. The maximum atomic E-state index is 12.0. The summed E-state index contributed by atoms with van der Waals surface area (Å²) in [4.78, 5) is 12.4. The van der Waals surface area contributed by atoms with Crippen LogP contribution in [0.4, 0.5) is 13.2 Å². The highest BCUT2D eigenvalue weighted by Gasteiger charge is 2.39. The number of nitrogens with zero attached hydrogens (tertiary/aromatic N) is 1. The average molecular weight is 181 g/mol. The third-order valence-corrected chi connectivity index (χ3v) is 1.28. The third kappa shape index (κ3) is 4.13. The lowest BCUT2D eigenvalue weighted by atomic mass is 10.0. The van der Waals surface area contributed by atoms with Crippen molar-refractivity contribution in [2.24, 2.45) is 10.9 Å². The van der Waals surface area contributed by atoms with Gasteiger partial charge < -0.3 is 0 Å². The van der Waals surface area contributed by atoms with Gasteiger partial charge in [0, 0.05) is 0 Å². The number of halogens is 3. The van der Waals surface area contributed by atoms with Gasteiger partial charge in [0.1, 0.15) is 0 Å². The molecule has 0 spiro atoms. The van der Waals surface area contributed by atoms with Crippen LogP contribution >= 0.6 is 0 Å². The molecule has 0 amide bonds. The molecule has 0 saturated carbocycles. The van der Waals surface area contributed by atoms with Crippen molar-refractivity contribution in [2.75, 3.05) is 0 Å². The Labute approximate surface area is 68.5 Å². The molecule has 0 aliphatic heterocycles. The van der Waals surface area contributed by atoms with Crippen molar-refractivity contribution in [3.8, 4) is 0 Å². The molecule has 70 valence electrons. The summed E-state index contributed by atoms with van der Waals surface area (Å²) in [5.41, 5.74) is 0. The van der Waals surface area contributed by atoms with Crippen LogP contribution < -0.4 is 0 Å². The number of carbonyl (C=O) groups excluding carboxylic acids is 1. The molecular formula is C7H10F3NO. The summed E-state index contributed by atoms with van der Waals surface area (Å²) in [6.45, 7) is 3.28. The highest BCUT2D eigenvalue weighted by Crippen LogP contribution is 2.27. The molecule has 5 heteroatoms. The smallest absolute Gasteiger partial charge is 0.211 e. The lowest BCUT2D eigenvalue weighted by molar-refractivity contribution is -0.149. The Morgan fingerprint density at radius 3 is 2.17 bits per heavy atom. The fourth-order valence-corrected chi connectivity index (χ4v) is 0.770. The van der Waals surface area contributed by atoms with Crippen molar-refractivity contribution >= 4 is 6.08 Å². The van der Waals surface area contributed by atoms with E-state index in [1.165, 1.54) is 0 Å². The van der Waals surface area contributed by atoms with Gasteiger partial charge in [0.25, 0.3) is 0 Å². The Kier molecular flexibility index (Phi) is 3.96. The molecule has 0 aromatic carbocycles. The van der Waals surface area contributed by atoms with Crippen molar-refractivity contribution in [3.05, 3.63) is 0 Å². The molecule has 0 aliphatic rings. The van der Waals surface area contributed by atoms with Gasteiger partial charge in [-0.1, -0.05) is 13.8 Å². The molecule has 0 aromatic rings. The Balaban J connectivity index is 4.34. The predicted molar refractivity (Wildman–Crippen MR) is 37.4 cm³/mol. The van der Waals surface area contributed by atoms with Crippen LogP contribution in [-0.4, -0.2) is 18.3 Å². The van der Waals surface area contributed by atoms with E-state index in [1.807, 2.05) is 0 Å². The third-order valence-electron chi connectivity index (χ3n) is 1.28. The first-order chi connectivity index (χ1) is 5.38. The van der Waals surface area contributed by atoms with Gasteiger partial charge in [-0.25, -0.2) is 4.79 Å². The molecule has 0 N–H and O–H groups in total. The van der Waals surface area contributed by atoms with Crippen LogP contribution in [0.25, 0.3) is 0 Å². The van der Waals surface area contributed by atoms with Gasteiger partial charge in [0.15, 0.2) is 6.04 Å². The van der Waals surface area contributed by atoms with Gasteiger partial charge in [-0.3, -0.25) is 0 Å². The molecule has 1 atom stereocenters. The largest absolute Gasteiger partial charge is 0.411 e. The number of alkyl halides is 3. The van der Waals surface area contributed by atoms with Gasteiger partial charge in [-0.05, 0) is 12.3 Å². The topological polar surface area (TPSA) is 29.4 Å². The fourth-order valence-electron chi connectivity index (χ4n) is 0.770. The SMILES string of the molecule is CC(C)CC(N=C=O)C(F)(F)F. The molecule has 0 aliphatic carbocycles. The van der Waals surface area contributed by atoms with E-state index >= 15 is 0 Å². The molecular weight excluding hydrogens is 171 g/mol. The number of isocyanates is 1. The second kappa shape index (κ2) is 4.26. The van der Waals surface area contributed by atoms with Gasteiger partial charge >= 0.3 is 6.18 Å². The first-order valence-electron chi connectivity index (χ1n) is 3.51. The lowest BCUT2D eigenvalue weighted by Crippen LogP contribution is -2.28. The van der Waals surface area contributed by atoms with Crippen molar-refractivity contribution < 1.29 is 18.0 Å². The minimum atomic E-state index is -4.43. The normalized spacial score (nSPS) is 14.2. The zero-order chi connectivity index (χ0) is 9.78. The van der Waals surface area contributed by atoms with E-state index in [0.717, 1.165) is 6.08 Å². The van der Waals surface area contributed by atoms with Gasteiger partial charge in [0.2, 0.25) is 6.08 Å². The molecule has 0 radical (unpaired) electrons. The van der Waals surface area contributed by atoms with Gasteiger partial charge in [-0.2, -0.15) is 18.2 Å². The van der Waals surface area contributed by atoms with Crippen LogP contribution in [0.3, 0.4) is 0 Å². The first-order valence-corrected chi connectivity index (χ1v) is 3.51. The van der Waals surface area contributed by atoms with E-state index in [0.29, 0.717) is 0 Å². The Morgan fingerprint density at radius 2 is 1.92 bits per heavy atom. The molecule has 0 bridgehead atoms. The lowest BCUT2D eigenvalue weighted by Gasteiger charge is -2.15. The van der Waals surface area contributed by atoms with E-state index in [9.17, 15) is 18.0 Å². The molecule has 2 nitrogen and oxygen atoms in total. The summed E-state index contributed by atoms with van der Waals surface area (Å²) in [6, 6.07) is -1.89. The van der Waals surface area contributed by atoms with Crippen molar-refractivity contribution in [1.82, 2.24) is 0 Å². The van der Waals surface area contributed by atoms with Gasteiger partial charge in [0.05, 0.1) is 0 Å². The second-order valence-electron chi connectivity index (χ2n) is 2.91. The molecule has 0 rings (SSSR count). The minimum Gasteiger partial charge on any atom is -0.211 e. The summed E-state index contributed by atoms with van der Waals surface area (Å²) >= 11 is 0. The number of rotatable bonds is 3. The maximum Gasteiger partial charge on any atom is 0.411 e. The van der Waals surface area contributed by atoms with E-state index in [4.69, 9.17) is 0 Å².